The lowest BCUT2D eigenvalue weighted by Crippen LogP contribution is -2.22. The third-order valence-corrected chi connectivity index (χ3v) is 7.62. The molecule has 2 aromatic heterocycles. The topological polar surface area (TPSA) is 207 Å². The van der Waals surface area contributed by atoms with Crippen LogP contribution in [0.3, 0.4) is 0 Å². The lowest BCUT2D eigenvalue weighted by molar-refractivity contribution is -0.763. The minimum absolute atomic E-state index is 0.0348. The molecule has 16 nitrogen and oxygen atoms in total. The summed E-state index contributed by atoms with van der Waals surface area (Å²) in [6, 6.07) is 21.7. The molecule has 0 spiro atoms. The molecule has 0 amide bonds. The highest BCUT2D eigenvalue weighted by Gasteiger charge is 2.31. The summed E-state index contributed by atoms with van der Waals surface area (Å²) < 4.78 is 11.9. The highest BCUT2D eigenvalue weighted by atomic mass is 16.9. The number of imidazole rings is 1. The summed E-state index contributed by atoms with van der Waals surface area (Å²) in [5.41, 5.74) is 2.84. The number of benzene rings is 3. The van der Waals surface area contributed by atoms with E-state index in [0.29, 0.717) is 28.9 Å². The Balaban J connectivity index is 1.26. The maximum absolute atomic E-state index is 12.3. The van der Waals surface area contributed by atoms with E-state index >= 15 is 0 Å². The summed E-state index contributed by atoms with van der Waals surface area (Å²) in [6.45, 7) is 4.42. The number of carbonyl (C=O) groups is 2. The van der Waals surface area contributed by atoms with E-state index in [4.69, 9.17) is 9.47 Å². The van der Waals surface area contributed by atoms with Crippen LogP contribution in [0.4, 0.5) is 4.79 Å². The van der Waals surface area contributed by atoms with E-state index in [1.54, 1.807) is 28.8 Å². The van der Waals surface area contributed by atoms with Crippen molar-refractivity contribution in [1.29, 1.82) is 0 Å². The van der Waals surface area contributed by atoms with Gasteiger partial charge < -0.3 is 29.1 Å². The Morgan fingerprint density at radius 3 is 2.24 bits per heavy atom. The SMILES string of the molecule is CCCc1nc(C(C)(C)O)c(C(=O)O)n1Cc1ccc(-c2ccccc2-c2nnn(COC(=O)OCc3ccccc3CO[N+](=O)[O-])n2)cc1. The third kappa shape index (κ3) is 8.46. The van der Waals surface area contributed by atoms with Crippen molar-refractivity contribution >= 4 is 12.1 Å². The number of aliphatic hydroxyl groups is 1. The molecule has 0 unspecified atom stereocenters. The van der Waals surface area contributed by atoms with Gasteiger partial charge in [0.2, 0.25) is 12.6 Å². The first-order chi connectivity index (χ1) is 23.9. The Kier molecular flexibility index (Phi) is 10.8. The van der Waals surface area contributed by atoms with Crippen LogP contribution in [-0.2, 0) is 52.8 Å². The number of nitrogens with zero attached hydrogens (tertiary/aromatic N) is 7. The van der Waals surface area contributed by atoms with Gasteiger partial charge in [0, 0.05) is 18.5 Å². The normalized spacial score (nSPS) is 11.3. The standard InChI is InChI=1S/C34H35N7O9/c1-4-9-28-35-30(34(2,3)45)29(32(42)43)39(28)18-22-14-16-23(17-15-22)26-12-7-8-13-27(26)31-36-38-40(37-31)21-49-33(44)48-19-24-10-5-6-11-25(24)20-50-41(46)47/h5-8,10-17,45H,4,9,18-21H2,1-3H3,(H,42,43). The molecule has 0 aliphatic carbocycles. The second kappa shape index (κ2) is 15.4. The van der Waals surface area contributed by atoms with Gasteiger partial charge in [-0.05, 0) is 53.3 Å². The average molecular weight is 686 g/mol. The average Bonchev–Trinajstić information content (AvgIpc) is 3.71. The van der Waals surface area contributed by atoms with Crippen LogP contribution < -0.4 is 0 Å². The summed E-state index contributed by atoms with van der Waals surface area (Å²) in [7, 11) is 0. The first-order valence-electron chi connectivity index (χ1n) is 15.6. The zero-order chi connectivity index (χ0) is 35.8. The number of carbonyl (C=O) groups excluding carboxylic acids is 1. The molecule has 0 radical (unpaired) electrons. The Hall–Kier alpha value is -6.16. The van der Waals surface area contributed by atoms with Gasteiger partial charge in [0.25, 0.3) is 5.09 Å². The number of aromatic carboxylic acids is 1. The van der Waals surface area contributed by atoms with E-state index in [-0.39, 0.29) is 43.7 Å². The molecule has 5 rings (SSSR count). The molecule has 2 N–H and O–H groups in total. The molecule has 3 aromatic carbocycles. The molecule has 0 atom stereocenters. The second-order valence-electron chi connectivity index (χ2n) is 11.7. The smallest absolute Gasteiger partial charge is 0.477 e. The molecular formula is C34H35N7O9. The van der Waals surface area contributed by atoms with Gasteiger partial charge in [0.05, 0.1) is 0 Å². The fourth-order valence-corrected chi connectivity index (χ4v) is 5.29. The van der Waals surface area contributed by atoms with Gasteiger partial charge in [-0.25, -0.2) is 14.6 Å². The van der Waals surface area contributed by atoms with Crippen LogP contribution in [0.1, 0.15) is 65.9 Å². The molecule has 0 saturated heterocycles. The van der Waals surface area contributed by atoms with Gasteiger partial charge >= 0.3 is 12.1 Å². The second-order valence-corrected chi connectivity index (χ2v) is 11.7. The van der Waals surface area contributed by atoms with E-state index in [1.165, 1.54) is 13.8 Å². The van der Waals surface area contributed by atoms with Gasteiger partial charge in [0.1, 0.15) is 30.3 Å². The summed E-state index contributed by atoms with van der Waals surface area (Å²) in [5.74, 6) is -0.281. The van der Waals surface area contributed by atoms with E-state index in [0.717, 1.165) is 27.9 Å². The molecule has 260 valence electrons. The van der Waals surface area contributed by atoms with Gasteiger partial charge in [-0.15, -0.1) is 25.1 Å². The molecule has 2 heterocycles. The van der Waals surface area contributed by atoms with E-state index in [2.05, 4.69) is 25.2 Å². The third-order valence-electron chi connectivity index (χ3n) is 7.62. The Labute approximate surface area is 286 Å². The minimum Gasteiger partial charge on any atom is -0.477 e. The van der Waals surface area contributed by atoms with Gasteiger partial charge in [-0.1, -0.05) is 79.7 Å². The van der Waals surface area contributed by atoms with Crippen molar-refractivity contribution in [3.8, 4) is 22.5 Å². The molecule has 50 heavy (non-hydrogen) atoms. The van der Waals surface area contributed by atoms with Crippen LogP contribution in [0.5, 0.6) is 0 Å². The van der Waals surface area contributed by atoms with Crippen LogP contribution in [0, 0.1) is 10.1 Å². The van der Waals surface area contributed by atoms with Gasteiger partial charge in [-0.3, -0.25) is 0 Å². The lowest BCUT2D eigenvalue weighted by Gasteiger charge is -2.16. The van der Waals surface area contributed by atoms with E-state index in [9.17, 15) is 29.9 Å². The highest BCUT2D eigenvalue weighted by molar-refractivity contribution is 5.87. The molecule has 0 saturated carbocycles. The fourth-order valence-electron chi connectivity index (χ4n) is 5.29. The number of aromatic nitrogens is 6. The van der Waals surface area contributed by atoms with Crippen molar-refractivity contribution in [2.24, 2.45) is 0 Å². The molecule has 0 bridgehead atoms. The van der Waals surface area contributed by atoms with Crippen molar-refractivity contribution in [1.82, 2.24) is 29.8 Å². The molecule has 0 aliphatic rings. The monoisotopic (exact) mass is 685 g/mol. The molecule has 0 fully saturated rings. The number of rotatable bonds is 15. The van der Waals surface area contributed by atoms with Crippen molar-refractivity contribution in [2.75, 3.05) is 0 Å². The number of hydrogen-bond donors (Lipinski definition) is 2. The maximum atomic E-state index is 12.3. The van der Waals surface area contributed by atoms with Gasteiger partial charge in [0.15, 0.2) is 5.69 Å². The predicted molar refractivity (Wildman–Crippen MR) is 176 cm³/mol. The summed E-state index contributed by atoms with van der Waals surface area (Å²) in [5, 5.41) is 42.8. The largest absolute Gasteiger partial charge is 0.510 e. The van der Waals surface area contributed by atoms with Gasteiger partial charge in [-0.2, -0.15) is 0 Å². The Bertz CT molecular complexity index is 1980. The zero-order valence-corrected chi connectivity index (χ0v) is 27.6. The maximum Gasteiger partial charge on any atom is 0.510 e. The highest BCUT2D eigenvalue weighted by Crippen LogP contribution is 2.31. The molecule has 5 aromatic rings. The number of ether oxygens (including phenoxy) is 2. The minimum atomic E-state index is -1.42. The molecular weight excluding hydrogens is 650 g/mol. The first kappa shape index (κ1) is 35.2. The van der Waals surface area contributed by atoms with Crippen LogP contribution in [-0.4, -0.2) is 57.2 Å². The lowest BCUT2D eigenvalue weighted by atomic mass is 9.98. The van der Waals surface area contributed by atoms with E-state index < -0.39 is 22.8 Å². The van der Waals surface area contributed by atoms with Crippen molar-refractivity contribution in [3.05, 3.63) is 117 Å². The Morgan fingerprint density at radius 1 is 0.940 bits per heavy atom. The van der Waals surface area contributed by atoms with Crippen LogP contribution >= 0.6 is 0 Å². The molecule has 16 heteroatoms. The Morgan fingerprint density at radius 2 is 1.60 bits per heavy atom. The number of tetrazole rings is 1. The van der Waals surface area contributed by atoms with E-state index in [1.807, 2.05) is 55.5 Å². The first-order valence-corrected chi connectivity index (χ1v) is 15.6. The van der Waals surface area contributed by atoms with Crippen molar-refractivity contribution in [2.45, 2.75) is 65.7 Å². The predicted octanol–water partition coefficient (Wildman–Crippen LogP) is 5.15. The summed E-state index contributed by atoms with van der Waals surface area (Å²) >= 11 is 0. The van der Waals surface area contributed by atoms with Crippen LogP contribution in [0.25, 0.3) is 22.5 Å². The zero-order valence-electron chi connectivity index (χ0n) is 27.6. The summed E-state index contributed by atoms with van der Waals surface area (Å²) in [4.78, 5) is 45.1. The quantitative estimate of drug-likeness (QED) is 0.0832. The van der Waals surface area contributed by atoms with Crippen molar-refractivity contribution in [3.63, 3.8) is 0 Å². The van der Waals surface area contributed by atoms with Crippen LogP contribution in [0.15, 0.2) is 72.8 Å². The fraction of sp³-hybridized carbons (Fsp3) is 0.294. The number of carboxylic acids is 1. The summed E-state index contributed by atoms with van der Waals surface area (Å²) in [6.07, 6.45) is 0.311. The number of aryl methyl sites for hydroxylation is 1. The van der Waals surface area contributed by atoms with Crippen LogP contribution in [0.2, 0.25) is 0 Å². The number of hydrogen-bond acceptors (Lipinski definition) is 12. The molecule has 0 aliphatic heterocycles. The number of carboxylic acid groups (broad SMARTS) is 1. The van der Waals surface area contributed by atoms with Crippen molar-refractivity contribution < 1.29 is 39.2 Å².